The minimum atomic E-state index is -3.87. The van der Waals surface area contributed by atoms with Crippen molar-refractivity contribution in [3.05, 3.63) is 0 Å². The highest BCUT2D eigenvalue weighted by Gasteiger charge is 2.01. The molecule has 0 rings (SSSR count). The molecule has 0 aromatic rings. The van der Waals surface area contributed by atoms with Crippen LogP contribution >= 0.6 is 12.4 Å². The zero-order valence-corrected chi connectivity index (χ0v) is 7.04. The van der Waals surface area contributed by atoms with Crippen LogP contribution in [0, 0.1) is 0 Å². The predicted molar refractivity (Wildman–Crippen MR) is 40.7 cm³/mol. The van der Waals surface area contributed by atoms with Crippen LogP contribution in [0.1, 0.15) is 0 Å². The van der Waals surface area contributed by atoms with Crippen LogP contribution in [-0.4, -0.2) is 20.9 Å². The molecule has 1 amide bonds. The van der Waals surface area contributed by atoms with Crippen molar-refractivity contribution in [2.45, 2.75) is 0 Å². The zero-order valence-electron chi connectivity index (χ0n) is 5.40. The molecule has 0 aliphatic carbocycles. The van der Waals surface area contributed by atoms with Gasteiger partial charge < -0.3 is 5.73 Å². The molecule has 7 nitrogen and oxygen atoms in total. The summed E-state index contributed by atoms with van der Waals surface area (Å²) in [5, 5.41) is 4.44. The van der Waals surface area contributed by atoms with Crippen LogP contribution in [-0.2, 0) is 15.0 Å². The van der Waals surface area contributed by atoms with E-state index in [0.29, 0.717) is 0 Å². The third-order valence-corrected chi connectivity index (χ3v) is 0.905. The van der Waals surface area contributed by atoms with Crippen molar-refractivity contribution in [2.24, 2.45) is 10.9 Å². The molecule has 0 aromatic carbocycles. The second kappa shape index (κ2) is 5.27. The lowest BCUT2D eigenvalue weighted by molar-refractivity contribution is -0.120. The van der Waals surface area contributed by atoms with E-state index in [1.165, 1.54) is 0 Å². The van der Waals surface area contributed by atoms with Gasteiger partial charge in [0.2, 0.25) is 5.91 Å². The first-order valence-corrected chi connectivity index (χ1v) is 3.79. The molecule has 0 atom stereocenters. The first-order valence-electron chi connectivity index (χ1n) is 2.24. The number of carbonyl (C=O) groups is 1. The maximum absolute atomic E-state index is 10.2. The minimum absolute atomic E-state index is 0. The standard InChI is InChI=1S/C2H8N4O3S.ClH/c3-1-2(7)5-6-10(4,8)9;/h6H,1,3H2,(H,5,7)(H2,4,8,9);1H. The molecule has 9 heteroatoms. The summed E-state index contributed by atoms with van der Waals surface area (Å²) in [7, 11) is -3.87. The van der Waals surface area contributed by atoms with Crippen LogP contribution in [0.4, 0.5) is 0 Å². The minimum Gasteiger partial charge on any atom is -0.322 e. The number of hydrogen-bond acceptors (Lipinski definition) is 4. The van der Waals surface area contributed by atoms with Gasteiger partial charge in [-0.2, -0.15) is 8.42 Å². The molecule has 68 valence electrons. The SMILES string of the molecule is Cl.NCC(=O)NNS(N)(=O)=O. The Morgan fingerprint density at radius 1 is 1.45 bits per heavy atom. The van der Waals surface area contributed by atoms with Gasteiger partial charge in [-0.25, -0.2) is 5.14 Å². The molecule has 11 heavy (non-hydrogen) atoms. The molecular weight excluding hydrogens is 196 g/mol. The highest BCUT2D eigenvalue weighted by atomic mass is 35.5. The average Bonchev–Trinajstić information content (AvgIpc) is 1.81. The fraction of sp³-hybridized carbons (Fsp3) is 0.500. The van der Waals surface area contributed by atoms with Gasteiger partial charge in [-0.15, -0.1) is 17.2 Å². The fourth-order valence-corrected chi connectivity index (χ4v) is 0.435. The van der Waals surface area contributed by atoms with Crippen molar-refractivity contribution in [3.63, 3.8) is 0 Å². The van der Waals surface area contributed by atoms with Gasteiger partial charge >= 0.3 is 0 Å². The predicted octanol–water partition coefficient (Wildman–Crippen LogP) is -2.81. The molecular formula is C2H9ClN4O3S. The summed E-state index contributed by atoms with van der Waals surface area (Å²) in [6.45, 7) is -0.303. The van der Waals surface area contributed by atoms with Gasteiger partial charge in [0.15, 0.2) is 0 Å². The van der Waals surface area contributed by atoms with Crippen molar-refractivity contribution >= 4 is 28.5 Å². The number of hydrogen-bond donors (Lipinski definition) is 4. The summed E-state index contributed by atoms with van der Waals surface area (Å²) in [6, 6.07) is 0. The highest BCUT2D eigenvalue weighted by molar-refractivity contribution is 7.87. The fourth-order valence-electron chi connectivity index (χ4n) is 0.179. The first kappa shape index (κ1) is 13.2. The normalized spacial score (nSPS) is 10.0. The molecule has 0 aliphatic rings. The van der Waals surface area contributed by atoms with Gasteiger partial charge in [0.05, 0.1) is 6.54 Å². The number of nitrogens with one attached hydrogen (secondary N) is 2. The van der Waals surface area contributed by atoms with Crippen LogP contribution in [0.3, 0.4) is 0 Å². The first-order chi connectivity index (χ1) is 4.45. The Bertz CT molecular complexity index is 213. The van der Waals surface area contributed by atoms with E-state index in [-0.39, 0.29) is 19.0 Å². The van der Waals surface area contributed by atoms with Gasteiger partial charge in [-0.05, 0) is 0 Å². The number of carbonyl (C=O) groups excluding carboxylic acids is 1. The third-order valence-electron chi connectivity index (χ3n) is 0.518. The number of rotatable bonds is 3. The Morgan fingerprint density at radius 2 is 1.91 bits per heavy atom. The average molecular weight is 205 g/mol. The maximum atomic E-state index is 10.2. The molecule has 0 unspecified atom stereocenters. The summed E-state index contributed by atoms with van der Waals surface area (Å²) < 4.78 is 20.1. The van der Waals surface area contributed by atoms with Crippen LogP contribution in [0.2, 0.25) is 0 Å². The lowest BCUT2D eigenvalue weighted by Gasteiger charge is -2.00. The Kier molecular flexibility index (Phi) is 6.32. The molecule has 0 radical (unpaired) electrons. The van der Waals surface area contributed by atoms with Gasteiger partial charge in [-0.1, -0.05) is 0 Å². The Labute approximate surface area is 70.1 Å². The van der Waals surface area contributed by atoms with Crippen molar-refractivity contribution < 1.29 is 13.2 Å². The van der Waals surface area contributed by atoms with E-state index >= 15 is 0 Å². The lowest BCUT2D eigenvalue weighted by Crippen LogP contribution is -2.47. The van der Waals surface area contributed by atoms with Crippen LogP contribution in [0.5, 0.6) is 0 Å². The van der Waals surface area contributed by atoms with E-state index in [4.69, 9.17) is 5.73 Å². The van der Waals surface area contributed by atoms with Crippen molar-refractivity contribution in [2.75, 3.05) is 6.54 Å². The van der Waals surface area contributed by atoms with Gasteiger partial charge in [0.25, 0.3) is 10.2 Å². The molecule has 0 aromatic heterocycles. The monoisotopic (exact) mass is 204 g/mol. The number of amides is 1. The second-order valence-electron chi connectivity index (χ2n) is 1.40. The quantitative estimate of drug-likeness (QED) is 0.370. The molecule has 0 heterocycles. The summed E-state index contributed by atoms with van der Waals surface area (Å²) in [4.78, 5) is 11.8. The van der Waals surface area contributed by atoms with E-state index < -0.39 is 16.1 Å². The van der Waals surface area contributed by atoms with Gasteiger partial charge in [-0.3, -0.25) is 10.2 Å². The molecule has 0 aliphatic heterocycles. The molecule has 0 saturated carbocycles. The Balaban J connectivity index is 0. The van der Waals surface area contributed by atoms with E-state index in [1.54, 1.807) is 10.3 Å². The molecule has 6 N–H and O–H groups in total. The van der Waals surface area contributed by atoms with Gasteiger partial charge in [0, 0.05) is 0 Å². The third kappa shape index (κ3) is 9.59. The van der Waals surface area contributed by atoms with Crippen LogP contribution in [0.15, 0.2) is 0 Å². The Morgan fingerprint density at radius 3 is 2.18 bits per heavy atom. The Hall–Kier alpha value is -0.410. The highest BCUT2D eigenvalue weighted by Crippen LogP contribution is 1.60. The maximum Gasteiger partial charge on any atom is 0.291 e. The van der Waals surface area contributed by atoms with Crippen molar-refractivity contribution in [3.8, 4) is 0 Å². The summed E-state index contributed by atoms with van der Waals surface area (Å²) in [6.07, 6.45) is 0. The van der Waals surface area contributed by atoms with E-state index in [0.717, 1.165) is 0 Å². The smallest absolute Gasteiger partial charge is 0.291 e. The van der Waals surface area contributed by atoms with E-state index in [9.17, 15) is 13.2 Å². The second-order valence-corrected chi connectivity index (χ2v) is 2.69. The van der Waals surface area contributed by atoms with Crippen LogP contribution < -0.4 is 21.1 Å². The number of nitrogens with two attached hydrogens (primary N) is 2. The number of halogens is 1. The molecule has 0 saturated heterocycles. The lowest BCUT2D eigenvalue weighted by atomic mass is 10.7. The van der Waals surface area contributed by atoms with Crippen molar-refractivity contribution in [1.82, 2.24) is 10.3 Å². The van der Waals surface area contributed by atoms with Crippen molar-refractivity contribution in [1.29, 1.82) is 0 Å². The number of hydrazine groups is 1. The molecule has 0 fully saturated rings. The largest absolute Gasteiger partial charge is 0.322 e. The van der Waals surface area contributed by atoms with Crippen LogP contribution in [0.25, 0.3) is 0 Å². The zero-order chi connectivity index (χ0) is 8.20. The molecule has 0 spiro atoms. The van der Waals surface area contributed by atoms with E-state index in [1.807, 2.05) is 0 Å². The van der Waals surface area contributed by atoms with E-state index in [2.05, 4.69) is 5.14 Å². The summed E-state index contributed by atoms with van der Waals surface area (Å²) >= 11 is 0. The topological polar surface area (TPSA) is 127 Å². The summed E-state index contributed by atoms with van der Waals surface area (Å²) in [5.41, 5.74) is 6.56. The molecule has 0 bridgehead atoms. The van der Waals surface area contributed by atoms with Gasteiger partial charge in [0.1, 0.15) is 0 Å². The summed E-state index contributed by atoms with van der Waals surface area (Å²) in [5.74, 6) is -0.658.